The summed E-state index contributed by atoms with van der Waals surface area (Å²) >= 11 is 1.62. The minimum Gasteiger partial charge on any atom is -0.352 e. The van der Waals surface area contributed by atoms with Crippen molar-refractivity contribution in [3.8, 4) is 0 Å². The zero-order chi connectivity index (χ0) is 17.1. The summed E-state index contributed by atoms with van der Waals surface area (Å²) in [6, 6.07) is 5.44. The molecule has 0 aromatic carbocycles. The smallest absolute Gasteiger partial charge is 0.261 e. The molecular weight excluding hydrogens is 324 g/mol. The van der Waals surface area contributed by atoms with E-state index < -0.39 is 11.5 Å². The molecule has 1 aliphatic rings. The Labute approximate surface area is 144 Å². The highest BCUT2D eigenvalue weighted by atomic mass is 32.1. The monoisotopic (exact) mass is 344 g/mol. The number of aromatic nitrogens is 1. The second-order valence-corrected chi connectivity index (χ2v) is 7.04. The van der Waals surface area contributed by atoms with Crippen molar-refractivity contribution in [1.29, 1.82) is 0 Å². The third kappa shape index (κ3) is 3.33. The van der Waals surface area contributed by atoms with Gasteiger partial charge in [0.15, 0.2) is 5.78 Å². The van der Waals surface area contributed by atoms with Crippen molar-refractivity contribution < 1.29 is 9.59 Å². The molecule has 1 atom stereocenters. The number of rotatable bonds is 5. The lowest BCUT2D eigenvalue weighted by Crippen LogP contribution is -2.33. The molecule has 0 aliphatic heterocycles. The van der Waals surface area contributed by atoms with Crippen molar-refractivity contribution >= 4 is 23.0 Å². The number of carbonyl (C=O) groups is 2. The summed E-state index contributed by atoms with van der Waals surface area (Å²) in [6.07, 6.45) is 2.85. The van der Waals surface area contributed by atoms with E-state index in [2.05, 4.69) is 10.3 Å². The third-order valence-corrected chi connectivity index (χ3v) is 5.35. The first kappa shape index (κ1) is 16.6. The first-order chi connectivity index (χ1) is 11.6. The molecule has 0 fully saturated rings. The quantitative estimate of drug-likeness (QED) is 0.819. The lowest BCUT2D eigenvalue weighted by atomic mass is 9.84. The van der Waals surface area contributed by atoms with Crippen LogP contribution in [0.4, 0.5) is 0 Å². The second kappa shape index (κ2) is 7.13. The van der Waals surface area contributed by atoms with Crippen LogP contribution in [-0.2, 0) is 6.42 Å². The molecule has 3 rings (SSSR count). The number of fused-ring (bicyclic) bond motifs is 1. The van der Waals surface area contributed by atoms with Gasteiger partial charge in [0.05, 0.1) is 0 Å². The summed E-state index contributed by atoms with van der Waals surface area (Å²) in [7, 11) is 0. The van der Waals surface area contributed by atoms with E-state index in [-0.39, 0.29) is 17.3 Å². The van der Waals surface area contributed by atoms with Gasteiger partial charge in [-0.25, -0.2) is 0 Å². The van der Waals surface area contributed by atoms with Crippen molar-refractivity contribution in [2.24, 2.45) is 0 Å². The van der Waals surface area contributed by atoms with Crippen LogP contribution >= 0.6 is 11.3 Å². The fourth-order valence-electron chi connectivity index (χ4n) is 3.00. The van der Waals surface area contributed by atoms with Gasteiger partial charge in [0.25, 0.3) is 11.5 Å². The topological polar surface area (TPSA) is 79.0 Å². The molecule has 0 saturated carbocycles. The highest BCUT2D eigenvalue weighted by Crippen LogP contribution is 2.33. The van der Waals surface area contributed by atoms with Crippen LogP contribution in [-0.4, -0.2) is 23.2 Å². The summed E-state index contributed by atoms with van der Waals surface area (Å²) in [5, 5.41) is 4.71. The number of unbranched alkanes of at least 4 members (excludes halogenated alkanes) is 1. The Balaban J connectivity index is 1.86. The van der Waals surface area contributed by atoms with Crippen molar-refractivity contribution in [3.63, 3.8) is 0 Å². The first-order valence-corrected chi connectivity index (χ1v) is 9.09. The molecule has 6 heteroatoms. The number of ketones is 1. The SMILES string of the molecule is CCCCNC(=O)c1cc2c([nH]c1=O)C[C@H](c1cccs1)CC2=O. The van der Waals surface area contributed by atoms with Crippen LogP contribution in [0.3, 0.4) is 0 Å². The predicted octanol–water partition coefficient (Wildman–Crippen LogP) is 2.88. The number of hydrogen-bond donors (Lipinski definition) is 2. The number of hydrogen-bond acceptors (Lipinski definition) is 4. The maximum atomic E-state index is 12.5. The fraction of sp³-hybridized carbons (Fsp3) is 0.389. The molecule has 2 aromatic heterocycles. The molecule has 0 saturated heterocycles. The average molecular weight is 344 g/mol. The van der Waals surface area contributed by atoms with Gasteiger partial charge in [-0.05, 0) is 30.4 Å². The Morgan fingerprint density at radius 3 is 2.92 bits per heavy atom. The van der Waals surface area contributed by atoms with Gasteiger partial charge >= 0.3 is 0 Å². The van der Waals surface area contributed by atoms with Gasteiger partial charge in [0.1, 0.15) is 5.56 Å². The molecule has 0 spiro atoms. The molecule has 2 heterocycles. The van der Waals surface area contributed by atoms with Crippen LogP contribution in [0.5, 0.6) is 0 Å². The summed E-state index contributed by atoms with van der Waals surface area (Å²) in [6.45, 7) is 2.56. The maximum absolute atomic E-state index is 12.5. The van der Waals surface area contributed by atoms with Crippen LogP contribution < -0.4 is 10.9 Å². The van der Waals surface area contributed by atoms with Crippen molar-refractivity contribution in [1.82, 2.24) is 10.3 Å². The lowest BCUT2D eigenvalue weighted by Gasteiger charge is -2.22. The number of H-pyrrole nitrogens is 1. The molecule has 24 heavy (non-hydrogen) atoms. The van der Waals surface area contributed by atoms with Crippen LogP contribution in [0.25, 0.3) is 0 Å². The number of aromatic amines is 1. The van der Waals surface area contributed by atoms with Gasteiger partial charge in [-0.2, -0.15) is 0 Å². The maximum Gasteiger partial charge on any atom is 0.261 e. The summed E-state index contributed by atoms with van der Waals surface area (Å²) in [5.74, 6) is -0.334. The third-order valence-electron chi connectivity index (χ3n) is 4.31. The van der Waals surface area contributed by atoms with E-state index >= 15 is 0 Å². The molecule has 2 N–H and O–H groups in total. The average Bonchev–Trinajstić information content (AvgIpc) is 3.08. The molecule has 126 valence electrons. The largest absolute Gasteiger partial charge is 0.352 e. The zero-order valence-corrected chi connectivity index (χ0v) is 14.4. The molecule has 0 bridgehead atoms. The Hall–Kier alpha value is -2.21. The standard InChI is InChI=1S/C18H20N2O3S/c1-2-3-6-19-17(22)13-10-12-14(20-18(13)23)8-11(9-15(12)21)16-5-4-7-24-16/h4-5,7,10-11H,2-3,6,8-9H2,1H3,(H,19,22)(H,20,23)/t11-/m0/s1. The molecule has 2 aromatic rings. The highest BCUT2D eigenvalue weighted by Gasteiger charge is 2.29. The van der Waals surface area contributed by atoms with Crippen LogP contribution in [0.2, 0.25) is 0 Å². The van der Waals surface area contributed by atoms with Crippen molar-refractivity contribution in [2.45, 2.75) is 38.5 Å². The summed E-state index contributed by atoms with van der Waals surface area (Å²) in [4.78, 5) is 40.8. The number of pyridine rings is 1. The Bertz CT molecular complexity index is 808. The number of nitrogens with one attached hydrogen (secondary N) is 2. The van der Waals surface area contributed by atoms with E-state index in [1.807, 2.05) is 24.4 Å². The van der Waals surface area contributed by atoms with E-state index in [4.69, 9.17) is 0 Å². The fourth-order valence-corrected chi connectivity index (χ4v) is 3.83. The van der Waals surface area contributed by atoms with E-state index in [0.29, 0.717) is 30.6 Å². The van der Waals surface area contributed by atoms with Crippen molar-refractivity contribution in [3.05, 3.63) is 55.6 Å². The summed E-state index contributed by atoms with van der Waals surface area (Å²) < 4.78 is 0. The highest BCUT2D eigenvalue weighted by molar-refractivity contribution is 7.10. The van der Waals surface area contributed by atoms with Crippen molar-refractivity contribution in [2.75, 3.05) is 6.54 Å². The molecule has 1 amide bonds. The van der Waals surface area contributed by atoms with Crippen LogP contribution in [0.15, 0.2) is 28.4 Å². The van der Waals surface area contributed by atoms with Gasteiger partial charge in [-0.3, -0.25) is 14.4 Å². The van der Waals surface area contributed by atoms with Crippen LogP contribution in [0.1, 0.15) is 63.4 Å². The Morgan fingerprint density at radius 1 is 1.38 bits per heavy atom. The zero-order valence-electron chi connectivity index (χ0n) is 13.6. The first-order valence-electron chi connectivity index (χ1n) is 8.21. The van der Waals surface area contributed by atoms with E-state index in [0.717, 1.165) is 17.7 Å². The second-order valence-electron chi connectivity index (χ2n) is 6.06. The van der Waals surface area contributed by atoms with E-state index in [1.165, 1.54) is 6.07 Å². The number of Topliss-reactive ketones (excluding diaryl/α,β-unsaturated/α-hetero) is 1. The Kier molecular flexibility index (Phi) is 4.94. The van der Waals surface area contributed by atoms with Crippen LogP contribution in [0, 0.1) is 0 Å². The predicted molar refractivity (Wildman–Crippen MR) is 94.0 cm³/mol. The van der Waals surface area contributed by atoms with Gasteiger partial charge < -0.3 is 10.3 Å². The molecule has 0 radical (unpaired) electrons. The molecule has 5 nitrogen and oxygen atoms in total. The van der Waals surface area contributed by atoms with Gasteiger partial charge in [0, 0.05) is 35.0 Å². The number of thiophene rings is 1. The number of amides is 1. The minimum atomic E-state index is -0.428. The minimum absolute atomic E-state index is 0.0199. The normalized spacial score (nSPS) is 16.7. The Morgan fingerprint density at radius 2 is 2.21 bits per heavy atom. The number of carbonyl (C=O) groups excluding carboxylic acids is 2. The molecule has 1 aliphatic carbocycles. The van der Waals surface area contributed by atoms with Gasteiger partial charge in [-0.1, -0.05) is 19.4 Å². The summed E-state index contributed by atoms with van der Waals surface area (Å²) in [5.41, 5.74) is 0.706. The van der Waals surface area contributed by atoms with E-state index in [1.54, 1.807) is 11.3 Å². The molecular formula is C18H20N2O3S. The molecule has 0 unspecified atom stereocenters. The van der Waals surface area contributed by atoms with Gasteiger partial charge in [-0.15, -0.1) is 11.3 Å². The van der Waals surface area contributed by atoms with Gasteiger partial charge in [0.2, 0.25) is 0 Å². The van der Waals surface area contributed by atoms with E-state index in [9.17, 15) is 14.4 Å². The lowest BCUT2D eigenvalue weighted by molar-refractivity contribution is 0.0951.